The molecule has 0 spiro atoms. The summed E-state index contributed by atoms with van der Waals surface area (Å²) in [4.78, 5) is 25.6. The van der Waals surface area contributed by atoms with Crippen LogP contribution in [0.3, 0.4) is 0 Å². The van der Waals surface area contributed by atoms with Crippen molar-refractivity contribution in [2.24, 2.45) is 5.92 Å². The molecule has 0 bridgehead atoms. The molecular weight excluding hydrogens is 242 g/mol. The molecule has 100 valence electrons. The van der Waals surface area contributed by atoms with Gasteiger partial charge in [0.05, 0.1) is 0 Å². The highest BCUT2D eigenvalue weighted by atomic mass is 16.3. The monoisotopic (exact) mass is 259 g/mol. The van der Waals surface area contributed by atoms with Crippen molar-refractivity contribution >= 4 is 11.7 Å². The van der Waals surface area contributed by atoms with E-state index in [9.17, 15) is 14.7 Å². The third-order valence-electron chi connectivity index (χ3n) is 4.25. The van der Waals surface area contributed by atoms with Gasteiger partial charge in [0.25, 0.3) is 0 Å². The van der Waals surface area contributed by atoms with Crippen LogP contribution in [0, 0.1) is 5.92 Å². The Hall–Kier alpha value is -1.68. The van der Waals surface area contributed by atoms with Crippen LogP contribution in [0.5, 0.6) is 0 Å². The summed E-state index contributed by atoms with van der Waals surface area (Å²) in [6.45, 7) is 0.304. The second kappa shape index (κ2) is 4.46. The van der Waals surface area contributed by atoms with Gasteiger partial charge >= 0.3 is 0 Å². The molecule has 1 aromatic rings. The Labute approximate surface area is 112 Å². The number of aliphatic hydroxyl groups is 1. The maximum atomic E-state index is 12.1. The van der Waals surface area contributed by atoms with Gasteiger partial charge in [0.15, 0.2) is 5.78 Å². The van der Waals surface area contributed by atoms with E-state index in [-0.39, 0.29) is 24.0 Å². The Bertz CT molecular complexity index is 513. The lowest BCUT2D eigenvalue weighted by atomic mass is 9.81. The van der Waals surface area contributed by atoms with Crippen molar-refractivity contribution in [3.63, 3.8) is 0 Å². The number of likely N-dealkylation sites (tertiary alicyclic amines) is 1. The van der Waals surface area contributed by atoms with Crippen LogP contribution in [0.1, 0.15) is 31.2 Å². The van der Waals surface area contributed by atoms with Crippen molar-refractivity contribution in [3.05, 3.63) is 35.9 Å². The molecule has 2 fully saturated rings. The third kappa shape index (κ3) is 1.87. The smallest absolute Gasteiger partial charge is 0.225 e. The number of carbonyl (C=O) groups excluding carboxylic acids is 2. The highest BCUT2D eigenvalue weighted by Gasteiger charge is 2.57. The second-order valence-corrected chi connectivity index (χ2v) is 5.41. The maximum absolute atomic E-state index is 12.1. The van der Waals surface area contributed by atoms with Gasteiger partial charge in [0.2, 0.25) is 11.6 Å². The topological polar surface area (TPSA) is 57.6 Å². The molecule has 0 aromatic heterocycles. The van der Waals surface area contributed by atoms with Gasteiger partial charge in [-0.3, -0.25) is 9.59 Å². The summed E-state index contributed by atoms with van der Waals surface area (Å²) < 4.78 is 0. The Kier molecular flexibility index (Phi) is 2.90. The van der Waals surface area contributed by atoms with Crippen LogP contribution >= 0.6 is 0 Å². The molecule has 2 aliphatic rings. The van der Waals surface area contributed by atoms with Gasteiger partial charge in [-0.15, -0.1) is 0 Å². The summed E-state index contributed by atoms with van der Waals surface area (Å²) in [6.07, 6.45) is 2.18. The van der Waals surface area contributed by atoms with E-state index in [1.165, 1.54) is 4.90 Å². The summed E-state index contributed by atoms with van der Waals surface area (Å²) in [5.74, 6) is -0.554. The van der Waals surface area contributed by atoms with Gasteiger partial charge in [-0.25, -0.2) is 0 Å². The molecule has 1 aliphatic heterocycles. The number of rotatable bonds is 2. The largest absolute Gasteiger partial charge is 0.364 e. The Balaban J connectivity index is 1.91. The lowest BCUT2D eigenvalue weighted by molar-refractivity contribution is -0.175. The average Bonchev–Trinajstić information content (AvgIpc) is 2.66. The summed E-state index contributed by atoms with van der Waals surface area (Å²) in [5, 5.41) is 10.7. The van der Waals surface area contributed by atoms with E-state index < -0.39 is 5.72 Å². The first-order chi connectivity index (χ1) is 9.12. The van der Waals surface area contributed by atoms with Gasteiger partial charge in [0.1, 0.15) is 0 Å². The van der Waals surface area contributed by atoms with Crippen molar-refractivity contribution in [1.29, 1.82) is 0 Å². The SMILES string of the molecule is O=C1C[C@H]2CCCC(=O)[C@@]2(O)N1Cc1ccccc1. The zero-order chi connectivity index (χ0) is 13.5. The molecule has 4 heteroatoms. The average molecular weight is 259 g/mol. The number of nitrogens with zero attached hydrogens (tertiary/aromatic N) is 1. The van der Waals surface area contributed by atoms with Gasteiger partial charge in [-0.2, -0.15) is 0 Å². The van der Waals surface area contributed by atoms with Crippen molar-refractivity contribution in [3.8, 4) is 0 Å². The predicted molar refractivity (Wildman–Crippen MR) is 68.9 cm³/mol. The Morgan fingerprint density at radius 3 is 2.74 bits per heavy atom. The minimum atomic E-state index is -1.56. The maximum Gasteiger partial charge on any atom is 0.225 e. The first-order valence-electron chi connectivity index (χ1n) is 6.72. The molecule has 1 saturated carbocycles. The van der Waals surface area contributed by atoms with Gasteiger partial charge in [-0.05, 0) is 18.4 Å². The summed E-state index contributed by atoms with van der Waals surface area (Å²) in [7, 11) is 0. The fourth-order valence-electron chi connectivity index (χ4n) is 3.22. The van der Waals surface area contributed by atoms with E-state index in [4.69, 9.17) is 0 Å². The van der Waals surface area contributed by atoms with E-state index in [1.54, 1.807) is 0 Å². The highest BCUT2D eigenvalue weighted by Crippen LogP contribution is 2.42. The molecular formula is C15H17NO3. The molecule has 4 nitrogen and oxygen atoms in total. The Morgan fingerprint density at radius 1 is 1.26 bits per heavy atom. The molecule has 1 saturated heterocycles. The number of ketones is 1. The fourth-order valence-corrected chi connectivity index (χ4v) is 3.22. The number of fused-ring (bicyclic) bond motifs is 1. The van der Waals surface area contributed by atoms with Crippen LogP contribution < -0.4 is 0 Å². The van der Waals surface area contributed by atoms with Crippen molar-refractivity contribution in [1.82, 2.24) is 4.90 Å². The standard InChI is InChI=1S/C15H17NO3/c17-13-8-4-7-12-9-14(18)16(15(12,13)19)10-11-5-2-1-3-6-11/h1-3,5-6,12,19H,4,7-10H2/t12-,15-/m1/s1. The first-order valence-corrected chi connectivity index (χ1v) is 6.72. The van der Waals surface area contributed by atoms with Crippen molar-refractivity contribution in [2.45, 2.75) is 38.0 Å². The van der Waals surface area contributed by atoms with E-state index in [2.05, 4.69) is 0 Å². The highest BCUT2D eigenvalue weighted by molar-refractivity contribution is 5.95. The third-order valence-corrected chi connectivity index (χ3v) is 4.25. The molecule has 1 aliphatic carbocycles. The molecule has 0 unspecified atom stereocenters. The number of amides is 1. The second-order valence-electron chi connectivity index (χ2n) is 5.41. The first kappa shape index (κ1) is 12.4. The molecule has 1 aromatic carbocycles. The predicted octanol–water partition coefficient (Wildman–Crippen LogP) is 1.48. The number of hydrogen-bond acceptors (Lipinski definition) is 3. The van der Waals surface area contributed by atoms with Crippen LogP contribution in [0.15, 0.2) is 30.3 Å². The molecule has 19 heavy (non-hydrogen) atoms. The van der Waals surface area contributed by atoms with Crippen LogP contribution in [0.2, 0.25) is 0 Å². The zero-order valence-electron chi connectivity index (χ0n) is 10.7. The van der Waals surface area contributed by atoms with Gasteiger partial charge < -0.3 is 10.0 Å². The summed E-state index contributed by atoms with van der Waals surface area (Å²) in [5.41, 5.74) is -0.631. The fraction of sp³-hybridized carbons (Fsp3) is 0.467. The lowest BCUT2D eigenvalue weighted by Gasteiger charge is -2.38. The number of carbonyl (C=O) groups is 2. The van der Waals surface area contributed by atoms with Crippen LogP contribution in [0.4, 0.5) is 0 Å². The molecule has 1 heterocycles. The summed E-state index contributed by atoms with van der Waals surface area (Å²) in [6, 6.07) is 9.48. The van der Waals surface area contributed by atoms with Crippen molar-refractivity contribution in [2.75, 3.05) is 0 Å². The van der Waals surface area contributed by atoms with E-state index >= 15 is 0 Å². The van der Waals surface area contributed by atoms with Gasteiger partial charge in [-0.1, -0.05) is 30.3 Å². The van der Waals surface area contributed by atoms with E-state index in [0.717, 1.165) is 18.4 Å². The molecule has 1 amide bonds. The number of benzene rings is 1. The van der Waals surface area contributed by atoms with E-state index in [1.807, 2.05) is 30.3 Å². The summed E-state index contributed by atoms with van der Waals surface area (Å²) >= 11 is 0. The molecule has 2 atom stereocenters. The Morgan fingerprint density at radius 2 is 2.00 bits per heavy atom. The van der Waals surface area contributed by atoms with Crippen molar-refractivity contribution < 1.29 is 14.7 Å². The van der Waals surface area contributed by atoms with Crippen LogP contribution in [0.25, 0.3) is 0 Å². The number of hydrogen-bond donors (Lipinski definition) is 1. The minimum Gasteiger partial charge on any atom is -0.364 e. The van der Waals surface area contributed by atoms with Crippen LogP contribution in [-0.2, 0) is 16.1 Å². The molecule has 3 rings (SSSR count). The van der Waals surface area contributed by atoms with Gasteiger partial charge in [0, 0.05) is 25.3 Å². The molecule has 0 radical (unpaired) electrons. The normalized spacial score (nSPS) is 30.6. The number of Topliss-reactive ketones (excluding diaryl/α,β-unsaturated/α-hetero) is 1. The quantitative estimate of drug-likeness (QED) is 0.875. The van der Waals surface area contributed by atoms with E-state index in [0.29, 0.717) is 13.0 Å². The lowest BCUT2D eigenvalue weighted by Crippen LogP contribution is -2.56. The molecule has 1 N–H and O–H groups in total. The minimum absolute atomic E-state index is 0.119. The zero-order valence-corrected chi connectivity index (χ0v) is 10.7. The van der Waals surface area contributed by atoms with Crippen LogP contribution in [-0.4, -0.2) is 27.4 Å².